The first kappa shape index (κ1) is 12.1. The molecule has 1 heterocycles. The number of hydrogen-bond acceptors (Lipinski definition) is 3. The second kappa shape index (κ2) is 4.63. The molecule has 19 heavy (non-hydrogen) atoms. The molecule has 3 nitrogen and oxygen atoms in total. The van der Waals surface area contributed by atoms with E-state index < -0.39 is 0 Å². The summed E-state index contributed by atoms with van der Waals surface area (Å²) in [5, 5.41) is 1.89. The zero-order valence-corrected chi connectivity index (χ0v) is 11.1. The molecule has 4 heteroatoms. The Morgan fingerprint density at radius 1 is 1.16 bits per heavy atom. The van der Waals surface area contributed by atoms with E-state index in [-0.39, 0.29) is 17.6 Å². The van der Waals surface area contributed by atoms with Crippen LogP contribution in [0.1, 0.15) is 26.4 Å². The van der Waals surface area contributed by atoms with Crippen LogP contribution in [0.5, 0.6) is 0 Å². The number of benzene rings is 1. The van der Waals surface area contributed by atoms with Crippen LogP contribution in [-0.2, 0) is 17.6 Å². The van der Waals surface area contributed by atoms with Gasteiger partial charge in [0.05, 0.1) is 4.88 Å². The Bertz CT molecular complexity index is 646. The first-order valence-corrected chi connectivity index (χ1v) is 7.02. The fraction of sp³-hybridized carbons (Fsp3) is 0.200. The van der Waals surface area contributed by atoms with E-state index in [4.69, 9.17) is 5.73 Å². The van der Waals surface area contributed by atoms with E-state index in [0.717, 1.165) is 16.0 Å². The number of rotatable bonds is 3. The number of hydrogen-bond donors (Lipinski definition) is 1. The summed E-state index contributed by atoms with van der Waals surface area (Å²) in [6.07, 6.45) is 1.34. The van der Waals surface area contributed by atoms with E-state index in [1.807, 2.05) is 35.7 Å². The van der Waals surface area contributed by atoms with Gasteiger partial charge in [-0.1, -0.05) is 18.2 Å². The maximum Gasteiger partial charge on any atom is 0.221 e. The lowest BCUT2D eigenvalue weighted by Gasteiger charge is -2.02. The zero-order chi connectivity index (χ0) is 13.4. The quantitative estimate of drug-likeness (QED) is 0.870. The highest BCUT2D eigenvalue weighted by Gasteiger charge is 2.26. The lowest BCUT2D eigenvalue weighted by molar-refractivity contribution is -0.121. The Morgan fingerprint density at radius 2 is 1.95 bits per heavy atom. The van der Waals surface area contributed by atoms with Crippen molar-refractivity contribution < 1.29 is 9.59 Å². The van der Waals surface area contributed by atoms with Crippen LogP contribution in [0, 0.1) is 5.92 Å². The van der Waals surface area contributed by atoms with E-state index >= 15 is 0 Å². The Morgan fingerprint density at radius 3 is 2.63 bits per heavy atom. The first-order valence-electron chi connectivity index (χ1n) is 6.14. The number of carbonyl (C=O) groups excluding carboxylic acids is 2. The predicted octanol–water partition coefficient (Wildman–Crippen LogP) is 2.18. The third kappa shape index (κ3) is 2.19. The van der Waals surface area contributed by atoms with Gasteiger partial charge in [-0.25, -0.2) is 0 Å². The molecule has 1 aromatic carbocycles. The predicted molar refractivity (Wildman–Crippen MR) is 74.3 cm³/mol. The molecule has 1 unspecified atom stereocenters. The van der Waals surface area contributed by atoms with Gasteiger partial charge < -0.3 is 5.73 Å². The number of primary amides is 1. The molecule has 0 saturated carbocycles. The highest BCUT2D eigenvalue weighted by Crippen LogP contribution is 2.28. The molecule has 1 aromatic heterocycles. The molecular formula is C15H13NO2S. The smallest absolute Gasteiger partial charge is 0.221 e. The molecule has 1 aliphatic carbocycles. The summed E-state index contributed by atoms with van der Waals surface area (Å²) < 4.78 is 0. The van der Waals surface area contributed by atoms with E-state index in [2.05, 4.69) is 0 Å². The Balaban J connectivity index is 1.90. The minimum atomic E-state index is -0.262. The number of carbonyl (C=O) groups is 2. The zero-order valence-electron chi connectivity index (χ0n) is 10.3. The fourth-order valence-corrected chi connectivity index (χ4v) is 3.20. The van der Waals surface area contributed by atoms with Gasteiger partial charge in [0, 0.05) is 11.5 Å². The van der Waals surface area contributed by atoms with Gasteiger partial charge in [-0.2, -0.15) is 0 Å². The van der Waals surface area contributed by atoms with Crippen LogP contribution in [0.25, 0.3) is 0 Å². The van der Waals surface area contributed by atoms with Crippen LogP contribution < -0.4 is 5.73 Å². The van der Waals surface area contributed by atoms with Crippen molar-refractivity contribution in [3.8, 4) is 0 Å². The monoisotopic (exact) mass is 271 g/mol. The highest BCUT2D eigenvalue weighted by atomic mass is 32.1. The minimum absolute atomic E-state index is 0.0420. The molecular weight excluding hydrogens is 258 g/mol. The van der Waals surface area contributed by atoms with Crippen molar-refractivity contribution in [2.75, 3.05) is 0 Å². The van der Waals surface area contributed by atoms with Crippen LogP contribution >= 0.6 is 11.3 Å². The maximum atomic E-state index is 12.2. The van der Waals surface area contributed by atoms with Gasteiger partial charge in [0.1, 0.15) is 0 Å². The van der Waals surface area contributed by atoms with Gasteiger partial charge in [-0.3, -0.25) is 9.59 Å². The van der Waals surface area contributed by atoms with Crippen molar-refractivity contribution in [3.05, 3.63) is 57.3 Å². The minimum Gasteiger partial charge on any atom is -0.369 e. The van der Waals surface area contributed by atoms with Crippen LogP contribution in [0.15, 0.2) is 35.7 Å². The third-order valence-corrected chi connectivity index (χ3v) is 4.42. The van der Waals surface area contributed by atoms with Crippen LogP contribution in [0.3, 0.4) is 0 Å². The molecule has 0 radical (unpaired) electrons. The Kier molecular flexibility index (Phi) is 2.95. The van der Waals surface area contributed by atoms with E-state index in [9.17, 15) is 9.59 Å². The normalized spacial score (nSPS) is 17.2. The lowest BCUT2D eigenvalue weighted by Crippen LogP contribution is -2.23. The standard InChI is InChI=1S/C15H13NO2S/c16-15(18)12-6-9-3-4-10(7-11(9)8-12)14(17)13-2-1-5-19-13/h1-5,7,12H,6,8H2,(H2,16,18). The fourth-order valence-electron chi connectivity index (χ4n) is 2.51. The number of amides is 1. The molecule has 2 N–H and O–H groups in total. The summed E-state index contributed by atoms with van der Waals surface area (Å²) in [5.41, 5.74) is 8.24. The SMILES string of the molecule is NC(=O)C1Cc2ccc(C(=O)c3cccs3)cc2C1. The number of ketones is 1. The van der Waals surface area contributed by atoms with E-state index in [1.54, 1.807) is 0 Å². The average Bonchev–Trinajstić information content (AvgIpc) is 3.06. The van der Waals surface area contributed by atoms with Gasteiger partial charge in [0.25, 0.3) is 0 Å². The summed E-state index contributed by atoms with van der Waals surface area (Å²) in [6.45, 7) is 0. The van der Waals surface area contributed by atoms with Gasteiger partial charge in [-0.05, 0) is 41.5 Å². The van der Waals surface area contributed by atoms with Gasteiger partial charge in [0.15, 0.2) is 0 Å². The second-order valence-corrected chi connectivity index (χ2v) is 5.75. The summed E-state index contributed by atoms with van der Waals surface area (Å²) in [7, 11) is 0. The molecule has 0 fully saturated rings. The molecule has 0 bridgehead atoms. The highest BCUT2D eigenvalue weighted by molar-refractivity contribution is 7.12. The number of nitrogens with two attached hydrogens (primary N) is 1. The largest absolute Gasteiger partial charge is 0.369 e. The van der Waals surface area contributed by atoms with E-state index in [0.29, 0.717) is 18.4 Å². The topological polar surface area (TPSA) is 60.2 Å². The summed E-state index contributed by atoms with van der Waals surface area (Å²) in [4.78, 5) is 24.2. The second-order valence-electron chi connectivity index (χ2n) is 4.80. The average molecular weight is 271 g/mol. The van der Waals surface area contributed by atoms with Gasteiger partial charge in [0.2, 0.25) is 11.7 Å². The van der Waals surface area contributed by atoms with Crippen molar-refractivity contribution in [3.63, 3.8) is 0 Å². The van der Waals surface area contributed by atoms with Crippen LogP contribution in [0.2, 0.25) is 0 Å². The van der Waals surface area contributed by atoms with Crippen LogP contribution in [0.4, 0.5) is 0 Å². The van der Waals surface area contributed by atoms with E-state index in [1.165, 1.54) is 11.3 Å². The molecule has 1 amide bonds. The Labute approximate surface area is 115 Å². The third-order valence-electron chi connectivity index (χ3n) is 3.55. The van der Waals surface area contributed by atoms with Gasteiger partial charge in [-0.15, -0.1) is 11.3 Å². The Hall–Kier alpha value is -1.94. The number of thiophene rings is 1. The molecule has 0 aliphatic heterocycles. The molecule has 0 spiro atoms. The van der Waals surface area contributed by atoms with Gasteiger partial charge >= 0.3 is 0 Å². The lowest BCUT2D eigenvalue weighted by atomic mass is 10.0. The summed E-state index contributed by atoms with van der Waals surface area (Å²) >= 11 is 1.44. The molecule has 0 saturated heterocycles. The summed E-state index contributed by atoms with van der Waals surface area (Å²) in [6, 6.07) is 9.38. The van der Waals surface area contributed by atoms with Crippen LogP contribution in [-0.4, -0.2) is 11.7 Å². The van der Waals surface area contributed by atoms with Crippen molar-refractivity contribution in [1.29, 1.82) is 0 Å². The maximum absolute atomic E-state index is 12.2. The molecule has 2 aromatic rings. The van der Waals surface area contributed by atoms with Crippen molar-refractivity contribution in [1.82, 2.24) is 0 Å². The van der Waals surface area contributed by atoms with Crippen molar-refractivity contribution in [2.45, 2.75) is 12.8 Å². The number of fused-ring (bicyclic) bond motifs is 1. The summed E-state index contributed by atoms with van der Waals surface area (Å²) in [5.74, 6) is -0.343. The molecule has 1 atom stereocenters. The van der Waals surface area contributed by atoms with Crippen molar-refractivity contribution in [2.24, 2.45) is 11.7 Å². The first-order chi connectivity index (χ1) is 9.15. The molecule has 1 aliphatic rings. The molecule has 3 rings (SSSR count). The van der Waals surface area contributed by atoms with Crippen molar-refractivity contribution >= 4 is 23.0 Å². The molecule has 96 valence electrons.